The first-order valence-corrected chi connectivity index (χ1v) is 13.5. The molecule has 156 valence electrons. The Bertz CT molecular complexity index is 966. The van der Waals surface area contributed by atoms with Crippen LogP contribution in [0, 0.1) is 0 Å². The highest BCUT2D eigenvalue weighted by atomic mass is 28.4. The fraction of sp³-hybridized carbons (Fsp3) is 0.296. The van der Waals surface area contributed by atoms with Gasteiger partial charge < -0.3 is 4.43 Å². The molecule has 0 amide bonds. The van der Waals surface area contributed by atoms with E-state index in [1.807, 2.05) is 54.6 Å². The van der Waals surface area contributed by atoms with E-state index in [2.05, 4.69) is 58.1 Å². The van der Waals surface area contributed by atoms with E-state index in [9.17, 15) is 4.79 Å². The predicted molar refractivity (Wildman–Crippen MR) is 128 cm³/mol. The van der Waals surface area contributed by atoms with Gasteiger partial charge >= 0.3 is 0 Å². The van der Waals surface area contributed by atoms with E-state index in [1.54, 1.807) is 0 Å². The van der Waals surface area contributed by atoms with Gasteiger partial charge in [-0.3, -0.25) is 4.79 Å². The molecule has 0 spiro atoms. The monoisotopic (exact) mass is 416 g/mol. The topological polar surface area (TPSA) is 26.3 Å². The molecule has 3 rings (SSSR count). The van der Waals surface area contributed by atoms with Crippen LogP contribution in [-0.2, 0) is 17.5 Å². The number of Topliss-reactive ketones (excluding diaryl/α,β-unsaturated/α-hetero) is 1. The van der Waals surface area contributed by atoms with Crippen LogP contribution in [0.4, 0.5) is 0 Å². The predicted octanol–water partition coefficient (Wildman–Crippen LogP) is 7.30. The van der Waals surface area contributed by atoms with Crippen molar-refractivity contribution in [1.29, 1.82) is 0 Å². The van der Waals surface area contributed by atoms with E-state index in [-0.39, 0.29) is 10.8 Å². The van der Waals surface area contributed by atoms with Crippen LogP contribution in [-0.4, -0.2) is 14.1 Å². The van der Waals surface area contributed by atoms with Crippen molar-refractivity contribution in [2.75, 3.05) is 0 Å². The molecule has 0 bridgehead atoms. The third-order valence-corrected chi connectivity index (χ3v) is 10.6. The van der Waals surface area contributed by atoms with E-state index in [0.29, 0.717) is 13.0 Å². The summed E-state index contributed by atoms with van der Waals surface area (Å²) in [5, 5.41) is 0.215. The molecule has 0 heterocycles. The second-order valence-electron chi connectivity index (χ2n) is 9.41. The Morgan fingerprint density at radius 1 is 0.767 bits per heavy atom. The molecule has 0 N–H and O–H groups in total. The van der Waals surface area contributed by atoms with Crippen molar-refractivity contribution in [2.24, 2.45) is 0 Å². The lowest BCUT2D eigenvalue weighted by Gasteiger charge is -2.36. The molecule has 30 heavy (non-hydrogen) atoms. The number of benzene rings is 3. The molecule has 3 heteroatoms. The second-order valence-corrected chi connectivity index (χ2v) is 14.2. The van der Waals surface area contributed by atoms with Crippen LogP contribution in [0.25, 0.3) is 11.1 Å². The standard InChI is InChI=1S/C27H32O2Si/c1-27(2,3)30(4,5)29-20-22-11-13-23(14-12-22)24-15-17-25(18-16-24)26(28)19-21-9-7-6-8-10-21/h6-18H,19-20H2,1-5H3. The summed E-state index contributed by atoms with van der Waals surface area (Å²) >= 11 is 0. The Kier molecular flexibility index (Phi) is 6.74. The number of carbonyl (C=O) groups excluding carboxylic acids is 1. The van der Waals surface area contributed by atoms with Gasteiger partial charge in [-0.25, -0.2) is 0 Å². The molecular weight excluding hydrogens is 384 g/mol. The average Bonchev–Trinajstić information content (AvgIpc) is 2.73. The minimum absolute atomic E-state index is 0.144. The molecule has 3 aromatic carbocycles. The van der Waals surface area contributed by atoms with Crippen molar-refractivity contribution in [1.82, 2.24) is 0 Å². The Morgan fingerprint density at radius 3 is 1.83 bits per heavy atom. The van der Waals surface area contributed by atoms with Crippen LogP contribution >= 0.6 is 0 Å². The molecule has 0 unspecified atom stereocenters. The van der Waals surface area contributed by atoms with Gasteiger partial charge in [0, 0.05) is 12.0 Å². The quantitative estimate of drug-likeness (QED) is 0.298. The molecule has 0 atom stereocenters. The number of rotatable bonds is 7. The van der Waals surface area contributed by atoms with Crippen molar-refractivity contribution in [3.8, 4) is 11.1 Å². The van der Waals surface area contributed by atoms with E-state index < -0.39 is 8.32 Å². The molecule has 0 saturated heterocycles. The fourth-order valence-electron chi connectivity index (χ4n) is 3.01. The fourth-order valence-corrected chi connectivity index (χ4v) is 3.97. The maximum atomic E-state index is 12.5. The van der Waals surface area contributed by atoms with Crippen LogP contribution in [0.15, 0.2) is 78.9 Å². The molecule has 2 nitrogen and oxygen atoms in total. The van der Waals surface area contributed by atoms with Gasteiger partial charge in [0.1, 0.15) is 0 Å². The molecule has 0 aromatic heterocycles. The van der Waals surface area contributed by atoms with E-state index in [1.165, 1.54) is 5.56 Å². The minimum Gasteiger partial charge on any atom is -0.413 e. The van der Waals surface area contributed by atoms with E-state index in [0.717, 1.165) is 22.3 Å². The van der Waals surface area contributed by atoms with Crippen LogP contribution in [0.2, 0.25) is 18.1 Å². The van der Waals surface area contributed by atoms with E-state index in [4.69, 9.17) is 4.43 Å². The van der Waals surface area contributed by atoms with Crippen LogP contribution < -0.4 is 0 Å². The molecule has 0 aliphatic rings. The highest BCUT2D eigenvalue weighted by Crippen LogP contribution is 2.37. The molecule has 0 radical (unpaired) electrons. The molecule has 0 aliphatic heterocycles. The molecule has 0 fully saturated rings. The Hall–Kier alpha value is -2.49. The summed E-state index contributed by atoms with van der Waals surface area (Å²) in [6.07, 6.45) is 0.434. The van der Waals surface area contributed by atoms with Gasteiger partial charge in [-0.2, -0.15) is 0 Å². The van der Waals surface area contributed by atoms with Gasteiger partial charge in [-0.05, 0) is 40.4 Å². The highest BCUT2D eigenvalue weighted by Gasteiger charge is 2.36. The minimum atomic E-state index is -1.74. The van der Waals surface area contributed by atoms with Gasteiger partial charge in [0.25, 0.3) is 0 Å². The lowest BCUT2D eigenvalue weighted by Crippen LogP contribution is -2.40. The Morgan fingerprint density at radius 2 is 1.30 bits per heavy atom. The number of hydrogen-bond donors (Lipinski definition) is 0. The maximum absolute atomic E-state index is 12.5. The molecule has 3 aromatic rings. The average molecular weight is 417 g/mol. The Balaban J connectivity index is 1.63. The maximum Gasteiger partial charge on any atom is 0.192 e. The van der Waals surface area contributed by atoms with Crippen molar-refractivity contribution >= 4 is 14.1 Å². The first-order chi connectivity index (χ1) is 14.2. The zero-order valence-electron chi connectivity index (χ0n) is 18.7. The summed E-state index contributed by atoms with van der Waals surface area (Å²) in [6.45, 7) is 12.0. The summed E-state index contributed by atoms with van der Waals surface area (Å²) in [4.78, 5) is 12.5. The van der Waals surface area contributed by atoms with Gasteiger partial charge in [0.15, 0.2) is 14.1 Å². The summed E-state index contributed by atoms with van der Waals surface area (Å²) in [6, 6.07) is 26.3. The third-order valence-electron chi connectivity index (χ3n) is 6.11. The zero-order valence-corrected chi connectivity index (χ0v) is 19.7. The van der Waals surface area contributed by atoms with Gasteiger partial charge in [-0.15, -0.1) is 0 Å². The van der Waals surface area contributed by atoms with Gasteiger partial charge in [0.05, 0.1) is 6.61 Å². The summed E-state index contributed by atoms with van der Waals surface area (Å²) in [5.41, 5.74) is 5.25. The van der Waals surface area contributed by atoms with Crippen molar-refractivity contribution in [3.63, 3.8) is 0 Å². The Labute approximate surface area is 182 Å². The second kappa shape index (κ2) is 9.11. The van der Waals surface area contributed by atoms with Crippen molar-refractivity contribution in [2.45, 2.75) is 51.9 Å². The van der Waals surface area contributed by atoms with Crippen LogP contribution in [0.1, 0.15) is 42.3 Å². The summed E-state index contributed by atoms with van der Waals surface area (Å²) in [5.74, 6) is 0.144. The lowest BCUT2D eigenvalue weighted by atomic mass is 9.99. The van der Waals surface area contributed by atoms with Gasteiger partial charge in [0.2, 0.25) is 0 Å². The smallest absolute Gasteiger partial charge is 0.192 e. The third kappa shape index (κ3) is 5.56. The molecular formula is C27H32O2Si. The first-order valence-electron chi connectivity index (χ1n) is 10.6. The summed E-state index contributed by atoms with van der Waals surface area (Å²) < 4.78 is 6.32. The zero-order chi connectivity index (χ0) is 21.8. The first kappa shape index (κ1) is 22.2. The SMILES string of the molecule is CC(C)(C)[Si](C)(C)OCc1ccc(-c2ccc(C(=O)Cc3ccccc3)cc2)cc1. The normalized spacial score (nSPS) is 12.0. The molecule has 0 saturated carbocycles. The largest absolute Gasteiger partial charge is 0.413 e. The lowest BCUT2D eigenvalue weighted by molar-refractivity contribution is 0.0993. The number of ketones is 1. The van der Waals surface area contributed by atoms with Crippen LogP contribution in [0.3, 0.4) is 0 Å². The highest BCUT2D eigenvalue weighted by molar-refractivity contribution is 6.74. The van der Waals surface area contributed by atoms with Gasteiger partial charge in [-0.1, -0.05) is 99.6 Å². The summed E-state index contributed by atoms with van der Waals surface area (Å²) in [7, 11) is -1.74. The van der Waals surface area contributed by atoms with Crippen molar-refractivity contribution in [3.05, 3.63) is 95.6 Å². The van der Waals surface area contributed by atoms with Crippen LogP contribution in [0.5, 0.6) is 0 Å². The van der Waals surface area contributed by atoms with Crippen molar-refractivity contribution < 1.29 is 9.22 Å². The number of hydrogen-bond acceptors (Lipinski definition) is 2. The molecule has 0 aliphatic carbocycles. The van der Waals surface area contributed by atoms with E-state index >= 15 is 0 Å². The number of carbonyl (C=O) groups is 1.